The maximum absolute atomic E-state index is 13.7. The molecule has 0 amide bonds. The van der Waals surface area contributed by atoms with Crippen LogP contribution in [0, 0.1) is 16.0 Å². The van der Waals surface area contributed by atoms with Gasteiger partial charge in [0.25, 0.3) is 5.69 Å². The first kappa shape index (κ1) is 27.1. The van der Waals surface area contributed by atoms with Crippen molar-refractivity contribution in [2.24, 2.45) is 5.92 Å². The van der Waals surface area contributed by atoms with Gasteiger partial charge in [-0.15, -0.1) is 0 Å². The van der Waals surface area contributed by atoms with E-state index in [1.807, 2.05) is 60.7 Å². The Kier molecular flexibility index (Phi) is 8.68. The quantitative estimate of drug-likeness (QED) is 0.213. The number of allylic oxidation sites excluding steroid dienone is 2. The van der Waals surface area contributed by atoms with E-state index in [-0.39, 0.29) is 30.0 Å². The molecule has 1 aliphatic rings. The van der Waals surface area contributed by atoms with E-state index >= 15 is 0 Å². The first-order chi connectivity index (χ1) is 18.9. The lowest BCUT2D eigenvalue weighted by molar-refractivity contribution is -0.384. The van der Waals surface area contributed by atoms with Crippen LogP contribution in [0.25, 0.3) is 11.8 Å². The van der Waals surface area contributed by atoms with E-state index in [9.17, 15) is 19.7 Å². The van der Waals surface area contributed by atoms with E-state index in [4.69, 9.17) is 9.47 Å². The number of non-ortho nitro benzene ring substituents is 1. The van der Waals surface area contributed by atoms with Crippen molar-refractivity contribution in [3.05, 3.63) is 135 Å². The van der Waals surface area contributed by atoms with Gasteiger partial charge in [-0.2, -0.15) is 0 Å². The number of dihydropyridines is 1. The van der Waals surface area contributed by atoms with Crippen LogP contribution in [-0.2, 0) is 25.7 Å². The van der Waals surface area contributed by atoms with Crippen molar-refractivity contribution >= 4 is 29.4 Å². The number of hydrogen-bond acceptors (Lipinski definition) is 7. The molecule has 0 aliphatic carbocycles. The Labute approximate surface area is 226 Å². The highest BCUT2D eigenvalue weighted by Crippen LogP contribution is 2.37. The molecular weight excluding hydrogens is 496 g/mol. The van der Waals surface area contributed by atoms with Gasteiger partial charge >= 0.3 is 11.9 Å². The van der Waals surface area contributed by atoms with E-state index in [0.717, 1.165) is 11.1 Å². The maximum atomic E-state index is 13.7. The first-order valence-electron chi connectivity index (χ1n) is 12.5. The second-order valence-corrected chi connectivity index (χ2v) is 8.79. The molecule has 1 atom stereocenters. The number of esters is 2. The fourth-order valence-electron chi connectivity index (χ4n) is 4.31. The number of ether oxygens (including phenoxy) is 2. The highest BCUT2D eigenvalue weighted by Gasteiger charge is 2.37. The van der Waals surface area contributed by atoms with Crippen LogP contribution in [0.5, 0.6) is 0 Å². The summed E-state index contributed by atoms with van der Waals surface area (Å²) in [5.74, 6) is -1.95. The minimum absolute atomic E-state index is 0.0339. The van der Waals surface area contributed by atoms with Gasteiger partial charge in [0.05, 0.1) is 28.4 Å². The lowest BCUT2D eigenvalue weighted by atomic mass is 9.83. The number of hydrogen-bond donors (Lipinski definition) is 1. The third-order valence-corrected chi connectivity index (χ3v) is 6.18. The van der Waals surface area contributed by atoms with Gasteiger partial charge < -0.3 is 14.8 Å². The Morgan fingerprint density at radius 1 is 0.897 bits per heavy atom. The molecule has 0 saturated carbocycles. The van der Waals surface area contributed by atoms with Crippen LogP contribution >= 0.6 is 0 Å². The average Bonchev–Trinajstić information content (AvgIpc) is 2.95. The fourth-order valence-corrected chi connectivity index (χ4v) is 4.31. The molecule has 1 aliphatic heterocycles. The zero-order valence-corrected chi connectivity index (χ0v) is 21.6. The highest BCUT2D eigenvalue weighted by molar-refractivity contribution is 6.04. The van der Waals surface area contributed by atoms with Crippen LogP contribution in [0.2, 0.25) is 0 Å². The van der Waals surface area contributed by atoms with Crippen LogP contribution in [0.4, 0.5) is 5.69 Å². The third kappa shape index (κ3) is 6.48. The van der Waals surface area contributed by atoms with Gasteiger partial charge in [-0.3, -0.25) is 10.1 Å². The van der Waals surface area contributed by atoms with Gasteiger partial charge in [-0.25, -0.2) is 9.59 Å². The monoisotopic (exact) mass is 524 g/mol. The van der Waals surface area contributed by atoms with Crippen LogP contribution in [-0.4, -0.2) is 23.5 Å². The molecule has 198 valence electrons. The Bertz CT molecular complexity index is 1440. The summed E-state index contributed by atoms with van der Waals surface area (Å²) < 4.78 is 11.1. The number of benzene rings is 3. The topological polar surface area (TPSA) is 108 Å². The van der Waals surface area contributed by atoms with Crippen LogP contribution in [0.3, 0.4) is 0 Å². The number of rotatable bonds is 9. The molecule has 39 heavy (non-hydrogen) atoms. The zero-order valence-electron chi connectivity index (χ0n) is 21.6. The molecule has 4 rings (SSSR count). The number of nitrogens with zero attached hydrogens (tertiary/aromatic N) is 1. The van der Waals surface area contributed by atoms with E-state index < -0.39 is 22.8 Å². The first-order valence-corrected chi connectivity index (χ1v) is 12.5. The number of carbonyl (C=O) groups excluding carboxylic acids is 2. The Balaban J connectivity index is 1.80. The van der Waals surface area contributed by atoms with Crippen molar-refractivity contribution < 1.29 is 24.0 Å². The van der Waals surface area contributed by atoms with E-state index in [1.54, 1.807) is 38.1 Å². The van der Waals surface area contributed by atoms with Crippen molar-refractivity contribution in [3.8, 4) is 0 Å². The van der Waals surface area contributed by atoms with Crippen LogP contribution in [0.1, 0.15) is 30.5 Å². The summed E-state index contributed by atoms with van der Waals surface area (Å²) in [7, 11) is 0. The molecule has 1 unspecified atom stereocenters. The summed E-state index contributed by atoms with van der Waals surface area (Å²) in [6.45, 7) is 3.69. The second-order valence-electron chi connectivity index (χ2n) is 8.79. The van der Waals surface area contributed by atoms with Crippen molar-refractivity contribution in [1.29, 1.82) is 0 Å². The standard InChI is InChI=1S/C31H28N2O6/c1-3-38-30(34)27-21(2)32-29(24-12-8-5-9-13-24)28(31(35)39-20-23-10-6-4-7-11-23)26(27)19-16-22-14-17-25(18-15-22)33(36)37/h4-19,26,32H,3,20H2,1-2H3/b19-16+. The molecular formula is C31H28N2O6. The Morgan fingerprint density at radius 2 is 1.51 bits per heavy atom. The molecule has 1 N–H and O–H groups in total. The van der Waals surface area contributed by atoms with Crippen LogP contribution < -0.4 is 5.32 Å². The van der Waals surface area contributed by atoms with Gasteiger partial charge in [-0.1, -0.05) is 72.8 Å². The predicted octanol–water partition coefficient (Wildman–Crippen LogP) is 5.82. The summed E-state index contributed by atoms with van der Waals surface area (Å²) in [4.78, 5) is 37.4. The van der Waals surface area contributed by atoms with Gasteiger partial charge in [0, 0.05) is 23.7 Å². The molecule has 1 heterocycles. The number of carbonyl (C=O) groups is 2. The molecule has 0 bridgehead atoms. The van der Waals surface area contributed by atoms with Gasteiger partial charge in [0.2, 0.25) is 0 Å². The molecule has 0 aromatic heterocycles. The van der Waals surface area contributed by atoms with Crippen molar-refractivity contribution in [3.63, 3.8) is 0 Å². The highest BCUT2D eigenvalue weighted by atomic mass is 16.6. The fraction of sp³-hybridized carbons (Fsp3) is 0.161. The summed E-state index contributed by atoms with van der Waals surface area (Å²) in [5, 5.41) is 14.3. The Morgan fingerprint density at radius 3 is 2.13 bits per heavy atom. The maximum Gasteiger partial charge on any atom is 0.337 e. The third-order valence-electron chi connectivity index (χ3n) is 6.18. The average molecular weight is 525 g/mol. The molecule has 0 radical (unpaired) electrons. The molecule has 8 nitrogen and oxygen atoms in total. The predicted molar refractivity (Wildman–Crippen MR) is 148 cm³/mol. The van der Waals surface area contributed by atoms with Gasteiger partial charge in [0.1, 0.15) is 6.61 Å². The smallest absolute Gasteiger partial charge is 0.337 e. The Hall–Kier alpha value is -4.98. The number of nitro groups is 1. The van der Waals surface area contributed by atoms with E-state index in [0.29, 0.717) is 17.0 Å². The summed E-state index contributed by atoms with van der Waals surface area (Å²) in [5.41, 5.74) is 3.81. The summed E-state index contributed by atoms with van der Waals surface area (Å²) in [6.07, 6.45) is 3.44. The van der Waals surface area contributed by atoms with Crippen molar-refractivity contribution in [2.45, 2.75) is 20.5 Å². The lowest BCUT2D eigenvalue weighted by Crippen LogP contribution is -2.33. The summed E-state index contributed by atoms with van der Waals surface area (Å²) in [6, 6.07) is 24.7. The van der Waals surface area contributed by atoms with E-state index in [1.165, 1.54) is 12.1 Å². The van der Waals surface area contributed by atoms with Gasteiger partial charge in [-0.05, 0) is 42.7 Å². The second kappa shape index (κ2) is 12.5. The molecule has 0 saturated heterocycles. The minimum atomic E-state index is -0.807. The normalized spacial score (nSPS) is 15.2. The van der Waals surface area contributed by atoms with Crippen molar-refractivity contribution in [1.82, 2.24) is 5.32 Å². The number of nitrogens with one attached hydrogen (secondary N) is 1. The largest absolute Gasteiger partial charge is 0.463 e. The molecule has 0 fully saturated rings. The lowest BCUT2D eigenvalue weighted by Gasteiger charge is -2.30. The molecule has 3 aromatic carbocycles. The van der Waals surface area contributed by atoms with Crippen molar-refractivity contribution in [2.75, 3.05) is 6.61 Å². The molecule has 3 aromatic rings. The molecule has 0 spiro atoms. The van der Waals surface area contributed by atoms with Crippen LogP contribution in [0.15, 0.2) is 108 Å². The van der Waals surface area contributed by atoms with E-state index in [2.05, 4.69) is 5.32 Å². The zero-order chi connectivity index (χ0) is 27.8. The molecule has 8 heteroatoms. The minimum Gasteiger partial charge on any atom is -0.463 e. The SMILES string of the molecule is CCOC(=O)C1=C(C)NC(c2ccccc2)=C(C(=O)OCc2ccccc2)C1/C=C/c1ccc([N+](=O)[O-])cc1. The van der Waals surface area contributed by atoms with Gasteiger partial charge in [0.15, 0.2) is 0 Å². The number of nitro benzene ring substituents is 1. The summed E-state index contributed by atoms with van der Waals surface area (Å²) >= 11 is 0.